The molecule has 0 heterocycles. The van der Waals surface area contributed by atoms with Crippen LogP contribution in [0.3, 0.4) is 0 Å². The molecule has 2 rings (SSSR count). The van der Waals surface area contributed by atoms with Gasteiger partial charge in [-0.25, -0.2) is 4.39 Å². The molecule has 0 aromatic heterocycles. The van der Waals surface area contributed by atoms with Crippen molar-refractivity contribution in [3.8, 4) is 5.75 Å². The molecule has 0 aliphatic rings. The summed E-state index contributed by atoms with van der Waals surface area (Å²) in [4.78, 5) is 46.9. The summed E-state index contributed by atoms with van der Waals surface area (Å²) in [6, 6.07) is 9.97. The van der Waals surface area contributed by atoms with Gasteiger partial charge in [-0.05, 0) is 30.3 Å². The second-order valence-corrected chi connectivity index (χ2v) is 5.84. The van der Waals surface area contributed by atoms with Crippen LogP contribution in [0.4, 0.5) is 10.1 Å². The first-order chi connectivity index (χ1) is 13.8. The first kappa shape index (κ1) is 21.5. The number of rotatable bonds is 8. The van der Waals surface area contributed by atoms with Crippen LogP contribution >= 0.6 is 0 Å². The highest BCUT2D eigenvalue weighted by molar-refractivity contribution is 6.00. The number of para-hydroxylation sites is 1. The fourth-order valence-electron chi connectivity index (χ4n) is 2.38. The number of hydrogen-bond acceptors (Lipinski definition) is 6. The molecular formula is C20H19FN2O6. The highest BCUT2D eigenvalue weighted by atomic mass is 19.1. The monoisotopic (exact) mass is 402 g/mol. The molecule has 0 saturated heterocycles. The van der Waals surface area contributed by atoms with Gasteiger partial charge >= 0.3 is 5.97 Å². The van der Waals surface area contributed by atoms with Crippen molar-refractivity contribution in [2.45, 2.75) is 6.92 Å². The summed E-state index contributed by atoms with van der Waals surface area (Å²) in [5.74, 6) is -3.08. The molecule has 0 atom stereocenters. The van der Waals surface area contributed by atoms with Crippen LogP contribution in [0.1, 0.15) is 27.6 Å². The number of Topliss-reactive ketones (excluding diaryl/α,β-unsaturated/α-hetero) is 1. The van der Waals surface area contributed by atoms with Crippen LogP contribution in [0.25, 0.3) is 0 Å². The standard InChI is InChI=1S/C20H19FN2O6/c1-12(24)23-13-7-8-14(16(21)9-13)17(25)11-29-19(26)10-22-20(27)15-5-3-4-6-18(15)28-2/h3-9H,10-11H2,1-2H3,(H,22,27)(H,23,24). The molecule has 2 N–H and O–H groups in total. The number of ketones is 1. The Morgan fingerprint density at radius 3 is 2.41 bits per heavy atom. The van der Waals surface area contributed by atoms with Crippen molar-refractivity contribution in [1.82, 2.24) is 5.32 Å². The molecule has 0 radical (unpaired) electrons. The Labute approximate surface area is 166 Å². The van der Waals surface area contributed by atoms with E-state index in [4.69, 9.17) is 9.47 Å². The van der Waals surface area contributed by atoms with Gasteiger partial charge in [0.05, 0.1) is 18.2 Å². The number of nitrogens with one attached hydrogen (secondary N) is 2. The molecule has 0 saturated carbocycles. The van der Waals surface area contributed by atoms with Crippen LogP contribution in [0.2, 0.25) is 0 Å². The Morgan fingerprint density at radius 1 is 1.03 bits per heavy atom. The molecule has 0 fully saturated rings. The van der Waals surface area contributed by atoms with Gasteiger partial charge in [-0.1, -0.05) is 12.1 Å². The maximum atomic E-state index is 14.0. The van der Waals surface area contributed by atoms with Gasteiger partial charge in [0.2, 0.25) is 11.7 Å². The number of carbonyl (C=O) groups excluding carboxylic acids is 4. The molecule has 0 aliphatic carbocycles. The van der Waals surface area contributed by atoms with Crippen molar-refractivity contribution in [1.29, 1.82) is 0 Å². The molecule has 0 aliphatic heterocycles. The third kappa shape index (κ3) is 6.13. The second kappa shape index (κ2) is 9.98. The van der Waals surface area contributed by atoms with Crippen LogP contribution in [0.15, 0.2) is 42.5 Å². The van der Waals surface area contributed by atoms with E-state index < -0.39 is 36.6 Å². The molecule has 29 heavy (non-hydrogen) atoms. The zero-order valence-corrected chi connectivity index (χ0v) is 15.8. The summed E-state index contributed by atoms with van der Waals surface area (Å²) >= 11 is 0. The van der Waals surface area contributed by atoms with E-state index >= 15 is 0 Å². The normalized spacial score (nSPS) is 10.0. The van der Waals surface area contributed by atoms with Crippen LogP contribution < -0.4 is 15.4 Å². The Morgan fingerprint density at radius 2 is 1.76 bits per heavy atom. The fraction of sp³-hybridized carbons (Fsp3) is 0.200. The molecule has 8 nitrogen and oxygen atoms in total. The molecule has 0 spiro atoms. The Balaban J connectivity index is 1.86. The summed E-state index contributed by atoms with van der Waals surface area (Å²) in [5, 5.41) is 4.74. The number of hydrogen-bond donors (Lipinski definition) is 2. The Bertz CT molecular complexity index is 944. The number of esters is 1. The first-order valence-electron chi connectivity index (χ1n) is 8.49. The number of ether oxygens (including phenoxy) is 2. The molecule has 2 amide bonds. The zero-order chi connectivity index (χ0) is 21.4. The van der Waals surface area contributed by atoms with E-state index in [1.165, 1.54) is 32.2 Å². The van der Waals surface area contributed by atoms with Crippen molar-refractivity contribution in [3.05, 3.63) is 59.4 Å². The minimum atomic E-state index is -0.864. The fourth-order valence-corrected chi connectivity index (χ4v) is 2.38. The molecule has 152 valence electrons. The number of carbonyl (C=O) groups is 4. The first-order valence-corrected chi connectivity index (χ1v) is 8.49. The van der Waals surface area contributed by atoms with Crippen LogP contribution in [0.5, 0.6) is 5.75 Å². The topological polar surface area (TPSA) is 111 Å². The van der Waals surface area contributed by atoms with Gasteiger partial charge in [0, 0.05) is 12.6 Å². The van der Waals surface area contributed by atoms with Gasteiger partial charge in [-0.15, -0.1) is 0 Å². The SMILES string of the molecule is COc1ccccc1C(=O)NCC(=O)OCC(=O)c1ccc(NC(C)=O)cc1F. The third-order valence-corrected chi connectivity index (χ3v) is 3.70. The van der Waals surface area contributed by atoms with E-state index in [0.717, 1.165) is 6.07 Å². The maximum absolute atomic E-state index is 14.0. The molecular weight excluding hydrogens is 383 g/mol. The zero-order valence-electron chi connectivity index (χ0n) is 15.8. The minimum absolute atomic E-state index is 0.197. The van der Waals surface area contributed by atoms with Crippen LogP contribution in [-0.4, -0.2) is 43.8 Å². The summed E-state index contributed by atoms with van der Waals surface area (Å²) in [5.41, 5.74) is 0.146. The average Bonchev–Trinajstić information content (AvgIpc) is 2.69. The van der Waals surface area contributed by atoms with Gasteiger partial charge in [-0.2, -0.15) is 0 Å². The van der Waals surface area contributed by atoms with Gasteiger partial charge in [0.15, 0.2) is 6.61 Å². The predicted octanol–water partition coefficient (Wildman–Crippen LogP) is 1.95. The summed E-state index contributed by atoms with van der Waals surface area (Å²) in [6.45, 7) is 0.0942. The van der Waals surface area contributed by atoms with Crippen LogP contribution in [-0.2, 0) is 14.3 Å². The predicted molar refractivity (Wildman–Crippen MR) is 101 cm³/mol. The third-order valence-electron chi connectivity index (χ3n) is 3.70. The lowest BCUT2D eigenvalue weighted by molar-refractivity contribution is -0.141. The van der Waals surface area contributed by atoms with E-state index in [9.17, 15) is 23.6 Å². The second-order valence-electron chi connectivity index (χ2n) is 5.84. The van der Waals surface area contributed by atoms with E-state index in [-0.39, 0.29) is 22.7 Å². The van der Waals surface area contributed by atoms with Gasteiger partial charge in [0.1, 0.15) is 18.1 Å². The maximum Gasteiger partial charge on any atom is 0.325 e. The number of anilines is 1. The number of halogens is 1. The number of methoxy groups -OCH3 is 1. The van der Waals surface area contributed by atoms with Crippen molar-refractivity contribution in [2.75, 3.05) is 25.6 Å². The van der Waals surface area contributed by atoms with Crippen molar-refractivity contribution in [3.63, 3.8) is 0 Å². The smallest absolute Gasteiger partial charge is 0.325 e. The average molecular weight is 402 g/mol. The van der Waals surface area contributed by atoms with Gasteiger partial charge in [0.25, 0.3) is 5.91 Å². The van der Waals surface area contributed by atoms with E-state index in [0.29, 0.717) is 5.75 Å². The van der Waals surface area contributed by atoms with Crippen LogP contribution in [0, 0.1) is 5.82 Å². The van der Waals surface area contributed by atoms with Gasteiger partial charge < -0.3 is 20.1 Å². The van der Waals surface area contributed by atoms with E-state index in [2.05, 4.69) is 10.6 Å². The lowest BCUT2D eigenvalue weighted by Gasteiger charge is -2.09. The lowest BCUT2D eigenvalue weighted by atomic mass is 10.1. The highest BCUT2D eigenvalue weighted by Crippen LogP contribution is 2.17. The van der Waals surface area contributed by atoms with E-state index in [1.807, 2.05) is 0 Å². The Hall–Kier alpha value is -3.75. The summed E-state index contributed by atoms with van der Waals surface area (Å²) in [6.07, 6.45) is 0. The lowest BCUT2D eigenvalue weighted by Crippen LogP contribution is -2.31. The molecule has 0 unspecified atom stereocenters. The molecule has 0 bridgehead atoms. The van der Waals surface area contributed by atoms with Crippen molar-refractivity contribution < 1.29 is 33.0 Å². The Kier molecular flexibility index (Phi) is 7.41. The highest BCUT2D eigenvalue weighted by Gasteiger charge is 2.17. The summed E-state index contributed by atoms with van der Waals surface area (Å²) in [7, 11) is 1.41. The van der Waals surface area contributed by atoms with E-state index in [1.54, 1.807) is 18.2 Å². The van der Waals surface area contributed by atoms with Crippen molar-refractivity contribution >= 4 is 29.3 Å². The number of amides is 2. The molecule has 2 aromatic rings. The largest absolute Gasteiger partial charge is 0.496 e. The van der Waals surface area contributed by atoms with Crippen molar-refractivity contribution in [2.24, 2.45) is 0 Å². The quantitative estimate of drug-likeness (QED) is 0.516. The summed E-state index contributed by atoms with van der Waals surface area (Å²) < 4.78 is 23.8. The minimum Gasteiger partial charge on any atom is -0.496 e. The van der Waals surface area contributed by atoms with Gasteiger partial charge in [-0.3, -0.25) is 19.2 Å². The number of benzene rings is 2. The molecule has 9 heteroatoms. The molecule has 2 aromatic carbocycles.